The summed E-state index contributed by atoms with van der Waals surface area (Å²) >= 11 is 1.56. The molecular weight excluding hydrogens is 370 g/mol. The predicted octanol–water partition coefficient (Wildman–Crippen LogP) is 6.52. The zero-order chi connectivity index (χ0) is 20.4. The van der Waals surface area contributed by atoms with E-state index in [1.807, 2.05) is 0 Å². The third kappa shape index (κ3) is 6.91. The van der Waals surface area contributed by atoms with Crippen LogP contribution in [0.15, 0.2) is 0 Å². The number of thiophene rings is 1. The first kappa shape index (κ1) is 22.9. The van der Waals surface area contributed by atoms with Gasteiger partial charge in [-0.25, -0.2) is 4.79 Å². The lowest BCUT2D eigenvalue weighted by atomic mass is 9.88. The smallest absolute Gasteiger partial charge is 0.341 e. The van der Waals surface area contributed by atoms with Gasteiger partial charge in [-0.3, -0.25) is 4.79 Å². The lowest BCUT2D eigenvalue weighted by molar-refractivity contribution is -0.116. The van der Waals surface area contributed by atoms with Crippen molar-refractivity contribution >= 4 is 28.2 Å². The fourth-order valence-corrected chi connectivity index (χ4v) is 5.36. The van der Waals surface area contributed by atoms with E-state index in [1.54, 1.807) is 11.3 Å². The molecule has 0 bridgehead atoms. The Kier molecular flexibility index (Phi) is 10.0. The quantitative estimate of drug-likeness (QED) is 0.317. The summed E-state index contributed by atoms with van der Waals surface area (Å²) < 4.78 is 4.99. The molecule has 158 valence electrons. The summed E-state index contributed by atoms with van der Waals surface area (Å²) in [6.45, 7) is 4.48. The third-order valence-electron chi connectivity index (χ3n) is 5.66. The fourth-order valence-electron chi connectivity index (χ4n) is 3.94. The highest BCUT2D eigenvalue weighted by molar-refractivity contribution is 7.17. The first-order valence-electron chi connectivity index (χ1n) is 11.1. The summed E-state index contributed by atoms with van der Waals surface area (Å²) in [4.78, 5) is 25.9. The van der Waals surface area contributed by atoms with E-state index in [9.17, 15) is 9.59 Å². The van der Waals surface area contributed by atoms with Gasteiger partial charge in [0.1, 0.15) is 5.00 Å². The maximum absolute atomic E-state index is 12.4. The van der Waals surface area contributed by atoms with Gasteiger partial charge in [0.25, 0.3) is 0 Å². The maximum atomic E-state index is 12.4. The molecule has 1 aromatic rings. The van der Waals surface area contributed by atoms with Crippen LogP contribution in [-0.4, -0.2) is 19.0 Å². The molecule has 0 aliphatic heterocycles. The molecule has 1 N–H and O–H groups in total. The number of esters is 1. The Bertz CT molecular complexity index is 638. The first-order valence-corrected chi connectivity index (χ1v) is 11.9. The molecule has 0 fully saturated rings. The van der Waals surface area contributed by atoms with E-state index in [0.717, 1.165) is 37.7 Å². The van der Waals surface area contributed by atoms with Crippen molar-refractivity contribution in [2.24, 2.45) is 5.92 Å². The monoisotopic (exact) mass is 407 g/mol. The number of nitrogens with one attached hydrogen (secondary N) is 1. The van der Waals surface area contributed by atoms with Crippen LogP contribution in [0.3, 0.4) is 0 Å². The molecule has 1 aliphatic carbocycles. The molecule has 0 radical (unpaired) electrons. The summed E-state index contributed by atoms with van der Waals surface area (Å²) in [6, 6.07) is 0. The molecular formula is C23H37NO3S. The Morgan fingerprint density at radius 3 is 2.36 bits per heavy atom. The van der Waals surface area contributed by atoms with E-state index >= 15 is 0 Å². The van der Waals surface area contributed by atoms with Crippen LogP contribution >= 0.6 is 11.3 Å². The van der Waals surface area contributed by atoms with Crippen molar-refractivity contribution in [2.75, 3.05) is 12.4 Å². The largest absolute Gasteiger partial charge is 0.465 e. The Morgan fingerprint density at radius 1 is 1.07 bits per heavy atom. The van der Waals surface area contributed by atoms with E-state index in [4.69, 9.17) is 4.74 Å². The van der Waals surface area contributed by atoms with Crippen LogP contribution in [0.25, 0.3) is 0 Å². The van der Waals surface area contributed by atoms with Gasteiger partial charge in [0, 0.05) is 11.3 Å². The van der Waals surface area contributed by atoms with E-state index in [0.29, 0.717) is 22.9 Å². The van der Waals surface area contributed by atoms with Crippen molar-refractivity contribution in [3.05, 3.63) is 16.0 Å². The average Bonchev–Trinajstić information content (AvgIpc) is 3.02. The van der Waals surface area contributed by atoms with Crippen LogP contribution < -0.4 is 5.32 Å². The van der Waals surface area contributed by atoms with Crippen LogP contribution in [0.2, 0.25) is 0 Å². The predicted molar refractivity (Wildman–Crippen MR) is 117 cm³/mol. The third-order valence-corrected chi connectivity index (χ3v) is 6.83. The van der Waals surface area contributed by atoms with Crippen molar-refractivity contribution < 1.29 is 14.3 Å². The molecule has 0 spiro atoms. The van der Waals surface area contributed by atoms with E-state index in [1.165, 1.54) is 56.9 Å². The lowest BCUT2D eigenvalue weighted by Crippen LogP contribution is -2.15. The number of methoxy groups -OCH3 is 1. The normalized spacial score (nSPS) is 15.9. The molecule has 1 heterocycles. The van der Waals surface area contributed by atoms with Crippen molar-refractivity contribution in [2.45, 2.75) is 97.3 Å². The molecule has 0 aromatic carbocycles. The minimum absolute atomic E-state index is 0.0137. The highest BCUT2D eigenvalue weighted by atomic mass is 32.1. The van der Waals surface area contributed by atoms with E-state index < -0.39 is 0 Å². The second kappa shape index (κ2) is 12.3. The molecule has 1 amide bonds. The SMILES string of the molecule is CCCCCCCCCCCC(=O)Nc1sc2c(c1C(=O)OC)CCC(C)C2. The Labute approximate surface area is 174 Å². The van der Waals surface area contributed by atoms with Crippen LogP contribution in [0.5, 0.6) is 0 Å². The molecule has 4 nitrogen and oxygen atoms in total. The summed E-state index contributed by atoms with van der Waals surface area (Å²) in [6.07, 6.45) is 14.6. The molecule has 28 heavy (non-hydrogen) atoms. The van der Waals surface area contributed by atoms with Crippen LogP contribution in [0.4, 0.5) is 5.00 Å². The Hall–Kier alpha value is -1.36. The van der Waals surface area contributed by atoms with Crippen LogP contribution in [0.1, 0.15) is 105 Å². The summed E-state index contributed by atoms with van der Waals surface area (Å²) in [7, 11) is 1.41. The van der Waals surface area contributed by atoms with Gasteiger partial charge < -0.3 is 10.1 Å². The Balaban J connectivity index is 1.78. The highest BCUT2D eigenvalue weighted by Gasteiger charge is 2.28. The molecule has 5 heteroatoms. The molecule has 1 aliphatic rings. The van der Waals surface area contributed by atoms with E-state index in [2.05, 4.69) is 19.2 Å². The zero-order valence-corrected chi connectivity index (χ0v) is 18.7. The zero-order valence-electron chi connectivity index (χ0n) is 17.9. The number of hydrogen-bond donors (Lipinski definition) is 1. The van der Waals surface area contributed by atoms with Crippen molar-refractivity contribution in [1.82, 2.24) is 0 Å². The van der Waals surface area contributed by atoms with Gasteiger partial charge in [-0.1, -0.05) is 65.2 Å². The van der Waals surface area contributed by atoms with Crippen molar-refractivity contribution in [3.8, 4) is 0 Å². The highest BCUT2D eigenvalue weighted by Crippen LogP contribution is 2.40. The van der Waals surface area contributed by atoms with Crippen LogP contribution in [0, 0.1) is 5.92 Å². The molecule has 2 rings (SSSR count). The minimum Gasteiger partial charge on any atom is -0.465 e. The number of carbonyl (C=O) groups excluding carboxylic acids is 2. The number of anilines is 1. The molecule has 0 saturated heterocycles. The number of rotatable bonds is 12. The van der Waals surface area contributed by atoms with Crippen molar-refractivity contribution in [1.29, 1.82) is 0 Å². The molecule has 0 saturated carbocycles. The number of fused-ring (bicyclic) bond motifs is 1. The second-order valence-electron chi connectivity index (χ2n) is 8.17. The topological polar surface area (TPSA) is 55.4 Å². The number of hydrogen-bond acceptors (Lipinski definition) is 4. The minimum atomic E-state index is -0.328. The molecule has 1 aromatic heterocycles. The molecule has 1 atom stereocenters. The summed E-state index contributed by atoms with van der Waals surface area (Å²) in [5, 5.41) is 3.69. The van der Waals surface area contributed by atoms with Gasteiger partial charge in [-0.05, 0) is 37.2 Å². The Morgan fingerprint density at radius 2 is 1.71 bits per heavy atom. The number of unbranched alkanes of at least 4 members (excludes halogenated alkanes) is 8. The second-order valence-corrected chi connectivity index (χ2v) is 9.28. The average molecular weight is 408 g/mol. The number of amides is 1. The molecule has 1 unspecified atom stereocenters. The maximum Gasteiger partial charge on any atom is 0.341 e. The van der Waals surface area contributed by atoms with E-state index in [-0.39, 0.29) is 11.9 Å². The van der Waals surface area contributed by atoms with Gasteiger partial charge >= 0.3 is 5.97 Å². The first-order chi connectivity index (χ1) is 13.6. The standard InChI is InChI=1S/C23H37NO3S/c1-4-5-6-7-8-9-10-11-12-13-20(25)24-22-21(23(26)27-3)18-15-14-17(2)16-19(18)28-22/h17H,4-16H2,1-3H3,(H,24,25). The number of ether oxygens (including phenoxy) is 1. The van der Waals surface area contributed by atoms with Gasteiger partial charge in [-0.15, -0.1) is 11.3 Å². The number of carbonyl (C=O) groups is 2. The fraction of sp³-hybridized carbons (Fsp3) is 0.739. The van der Waals surface area contributed by atoms with Crippen LogP contribution in [-0.2, 0) is 22.4 Å². The van der Waals surface area contributed by atoms with Gasteiger partial charge in [0.2, 0.25) is 5.91 Å². The summed E-state index contributed by atoms with van der Waals surface area (Å²) in [5.41, 5.74) is 1.68. The lowest BCUT2D eigenvalue weighted by Gasteiger charge is -2.18. The summed E-state index contributed by atoms with van der Waals surface area (Å²) in [5.74, 6) is 0.312. The van der Waals surface area contributed by atoms with Gasteiger partial charge in [-0.2, -0.15) is 0 Å². The van der Waals surface area contributed by atoms with Gasteiger partial charge in [0.15, 0.2) is 0 Å². The van der Waals surface area contributed by atoms with Crippen molar-refractivity contribution in [3.63, 3.8) is 0 Å². The van der Waals surface area contributed by atoms with Gasteiger partial charge in [0.05, 0.1) is 12.7 Å².